The molecular weight excluding hydrogens is 312 g/mol. The molecule has 0 saturated heterocycles. The van der Waals surface area contributed by atoms with E-state index in [-0.39, 0.29) is 17.9 Å². The summed E-state index contributed by atoms with van der Waals surface area (Å²) >= 11 is 0. The summed E-state index contributed by atoms with van der Waals surface area (Å²) in [5.74, 6) is 0.0756. The first-order chi connectivity index (χ1) is 11.5. The van der Waals surface area contributed by atoms with Crippen molar-refractivity contribution >= 4 is 17.7 Å². The molecular formula is C17H14N2O5. The maximum Gasteiger partial charge on any atom is 0.349 e. The highest BCUT2D eigenvalue weighted by Gasteiger charge is 2.14. The number of benzene rings is 1. The third kappa shape index (κ3) is 3.67. The molecule has 0 fully saturated rings. The zero-order valence-corrected chi connectivity index (χ0v) is 13.1. The van der Waals surface area contributed by atoms with Crippen molar-refractivity contribution in [2.45, 2.75) is 13.8 Å². The molecule has 0 aliphatic rings. The molecule has 24 heavy (non-hydrogen) atoms. The van der Waals surface area contributed by atoms with Crippen molar-refractivity contribution < 1.29 is 18.9 Å². The Morgan fingerprint density at radius 1 is 1.42 bits per heavy atom. The predicted octanol–water partition coefficient (Wildman–Crippen LogP) is 3.63. The van der Waals surface area contributed by atoms with E-state index in [0.29, 0.717) is 22.6 Å². The van der Waals surface area contributed by atoms with Gasteiger partial charge in [0.1, 0.15) is 23.2 Å². The van der Waals surface area contributed by atoms with Crippen LogP contribution in [0.2, 0.25) is 0 Å². The van der Waals surface area contributed by atoms with Crippen LogP contribution in [0.15, 0.2) is 40.3 Å². The van der Waals surface area contributed by atoms with Gasteiger partial charge >= 0.3 is 5.97 Å². The maximum absolute atomic E-state index is 11.6. The van der Waals surface area contributed by atoms with Crippen molar-refractivity contribution in [3.63, 3.8) is 0 Å². The van der Waals surface area contributed by atoms with Crippen molar-refractivity contribution in [1.82, 2.24) is 0 Å². The van der Waals surface area contributed by atoms with Crippen molar-refractivity contribution in [2.75, 3.05) is 6.61 Å². The molecule has 1 heterocycles. The van der Waals surface area contributed by atoms with Gasteiger partial charge in [-0.3, -0.25) is 10.1 Å². The molecule has 2 aromatic rings. The number of hydrogen-bond donors (Lipinski definition) is 0. The molecule has 0 aliphatic carbocycles. The molecule has 122 valence electrons. The fourth-order valence-electron chi connectivity index (χ4n) is 2.10. The first-order valence-electron chi connectivity index (χ1n) is 7.10. The van der Waals surface area contributed by atoms with Gasteiger partial charge in [0, 0.05) is 23.8 Å². The first-order valence-corrected chi connectivity index (χ1v) is 7.10. The van der Waals surface area contributed by atoms with Gasteiger partial charge < -0.3 is 9.15 Å². The second-order valence-corrected chi connectivity index (χ2v) is 4.85. The molecule has 1 aromatic heterocycles. The van der Waals surface area contributed by atoms with E-state index in [0.717, 1.165) is 0 Å². The molecule has 0 unspecified atom stereocenters. The minimum Gasteiger partial charge on any atom is -0.462 e. The number of nitro benzene ring substituents is 1. The second kappa shape index (κ2) is 7.24. The summed E-state index contributed by atoms with van der Waals surface area (Å²) in [5.41, 5.74) is 1.20. The number of carbonyl (C=O) groups excluding carboxylic acids is 1. The summed E-state index contributed by atoms with van der Waals surface area (Å²) in [6.45, 7) is 3.55. The number of aryl methyl sites for hydroxylation is 1. The average molecular weight is 326 g/mol. The number of non-ortho nitro benzene ring substituents is 1. The minimum atomic E-state index is -0.718. The van der Waals surface area contributed by atoms with E-state index in [1.54, 1.807) is 38.1 Å². The number of furan rings is 1. The molecule has 0 N–H and O–H groups in total. The Labute approximate surface area is 137 Å². The van der Waals surface area contributed by atoms with E-state index >= 15 is 0 Å². The van der Waals surface area contributed by atoms with Gasteiger partial charge in [-0.25, -0.2) is 4.79 Å². The van der Waals surface area contributed by atoms with Gasteiger partial charge in [-0.2, -0.15) is 5.26 Å². The predicted molar refractivity (Wildman–Crippen MR) is 85.8 cm³/mol. The monoisotopic (exact) mass is 326 g/mol. The standard InChI is InChI=1S/C17H14N2O5/c1-3-23-17(20)12(10-18)9-14-5-7-16(24-14)15-6-4-13(19(21)22)8-11(15)2/h4-9H,3H2,1-2H3/b12-9+. The van der Waals surface area contributed by atoms with Crippen LogP contribution in [0.4, 0.5) is 5.69 Å². The van der Waals surface area contributed by atoms with Crippen LogP contribution in [-0.2, 0) is 9.53 Å². The van der Waals surface area contributed by atoms with Gasteiger partial charge in [-0.15, -0.1) is 0 Å². The summed E-state index contributed by atoms with van der Waals surface area (Å²) in [4.78, 5) is 21.9. The molecule has 1 aromatic carbocycles. The quantitative estimate of drug-likeness (QED) is 0.273. The van der Waals surface area contributed by atoms with E-state index in [9.17, 15) is 14.9 Å². The molecule has 0 aliphatic heterocycles. The summed E-state index contributed by atoms with van der Waals surface area (Å²) in [7, 11) is 0. The lowest BCUT2D eigenvalue weighted by atomic mass is 10.1. The zero-order valence-electron chi connectivity index (χ0n) is 13.1. The second-order valence-electron chi connectivity index (χ2n) is 4.85. The lowest BCUT2D eigenvalue weighted by molar-refractivity contribution is -0.384. The van der Waals surface area contributed by atoms with E-state index < -0.39 is 10.9 Å². The van der Waals surface area contributed by atoms with Crippen molar-refractivity contribution in [2.24, 2.45) is 0 Å². The van der Waals surface area contributed by atoms with Crippen LogP contribution in [0.1, 0.15) is 18.2 Å². The maximum atomic E-state index is 11.6. The Morgan fingerprint density at radius 2 is 2.17 bits per heavy atom. The summed E-state index contributed by atoms with van der Waals surface area (Å²) in [5, 5.41) is 19.8. The minimum absolute atomic E-state index is 0.00277. The van der Waals surface area contributed by atoms with Crippen molar-refractivity contribution in [1.29, 1.82) is 5.26 Å². The van der Waals surface area contributed by atoms with Crippen molar-refractivity contribution in [3.05, 3.63) is 57.3 Å². The zero-order chi connectivity index (χ0) is 17.7. The Kier molecular flexibility index (Phi) is 5.12. The molecule has 0 amide bonds. The molecule has 0 atom stereocenters. The molecule has 0 bridgehead atoms. The number of hydrogen-bond acceptors (Lipinski definition) is 6. The summed E-state index contributed by atoms with van der Waals surface area (Å²) < 4.78 is 10.4. The van der Waals surface area contributed by atoms with E-state index in [2.05, 4.69) is 0 Å². The normalized spacial score (nSPS) is 11.0. The first kappa shape index (κ1) is 17.0. The van der Waals surface area contributed by atoms with Gasteiger partial charge in [0.05, 0.1) is 11.5 Å². The van der Waals surface area contributed by atoms with Crippen molar-refractivity contribution in [3.8, 4) is 17.4 Å². The lowest BCUT2D eigenvalue weighted by Crippen LogP contribution is -2.05. The Bertz CT molecular complexity index is 858. The SMILES string of the molecule is CCOC(=O)/C(C#N)=C/c1ccc(-c2ccc([N+](=O)[O-])cc2C)o1. The Morgan fingerprint density at radius 3 is 2.75 bits per heavy atom. The van der Waals surface area contributed by atoms with Crippen LogP contribution >= 0.6 is 0 Å². The molecule has 7 nitrogen and oxygen atoms in total. The van der Waals surface area contributed by atoms with Crippen LogP contribution in [0.3, 0.4) is 0 Å². The highest BCUT2D eigenvalue weighted by molar-refractivity contribution is 5.97. The number of rotatable bonds is 5. The van der Waals surface area contributed by atoms with Crippen LogP contribution < -0.4 is 0 Å². The van der Waals surface area contributed by atoms with Crippen LogP contribution in [0, 0.1) is 28.4 Å². The van der Waals surface area contributed by atoms with Crippen LogP contribution in [0.25, 0.3) is 17.4 Å². The van der Waals surface area contributed by atoms with E-state index in [4.69, 9.17) is 14.4 Å². The van der Waals surface area contributed by atoms with E-state index in [1.165, 1.54) is 18.2 Å². The van der Waals surface area contributed by atoms with Gasteiger partial charge in [-0.1, -0.05) is 0 Å². The summed E-state index contributed by atoms with van der Waals surface area (Å²) in [6.07, 6.45) is 1.29. The Hall–Kier alpha value is -3.40. The fraction of sp³-hybridized carbons (Fsp3) is 0.176. The number of nitrogens with zero attached hydrogens (tertiary/aromatic N) is 2. The van der Waals surface area contributed by atoms with Gasteiger partial charge in [0.25, 0.3) is 5.69 Å². The molecule has 2 rings (SSSR count). The molecule has 0 saturated carbocycles. The smallest absolute Gasteiger partial charge is 0.349 e. The Balaban J connectivity index is 2.33. The largest absolute Gasteiger partial charge is 0.462 e. The van der Waals surface area contributed by atoms with Crippen LogP contribution in [0.5, 0.6) is 0 Å². The van der Waals surface area contributed by atoms with Crippen LogP contribution in [-0.4, -0.2) is 17.5 Å². The third-order valence-corrected chi connectivity index (χ3v) is 3.22. The van der Waals surface area contributed by atoms with Gasteiger partial charge in [-0.05, 0) is 37.6 Å². The van der Waals surface area contributed by atoms with Gasteiger partial charge in [0.2, 0.25) is 0 Å². The lowest BCUT2D eigenvalue weighted by Gasteiger charge is -2.02. The average Bonchev–Trinajstić information content (AvgIpc) is 3.00. The molecule has 7 heteroatoms. The van der Waals surface area contributed by atoms with Gasteiger partial charge in [0.15, 0.2) is 0 Å². The fourth-order valence-corrected chi connectivity index (χ4v) is 2.10. The number of nitriles is 1. The summed E-state index contributed by atoms with van der Waals surface area (Å²) in [6, 6.07) is 9.47. The molecule has 0 spiro atoms. The number of ether oxygens (including phenoxy) is 1. The topological polar surface area (TPSA) is 106 Å². The number of esters is 1. The van der Waals surface area contributed by atoms with E-state index in [1.807, 2.05) is 0 Å². The highest BCUT2D eigenvalue weighted by Crippen LogP contribution is 2.29. The molecule has 0 radical (unpaired) electrons. The highest BCUT2D eigenvalue weighted by atomic mass is 16.6. The third-order valence-electron chi connectivity index (χ3n) is 3.22. The number of nitro groups is 1. The number of carbonyl (C=O) groups is 1.